The van der Waals surface area contributed by atoms with E-state index in [2.05, 4.69) is 25.0 Å². The number of nitrogens with one attached hydrogen (secondary N) is 2. The summed E-state index contributed by atoms with van der Waals surface area (Å²) < 4.78 is 9.29. The standard InChI is InChI=1S/C24H22N6O2/c1-29-15-18(13-25-29)19-9-10-20(32-2)22-21(19)26-24(27-22)28-23(31)17-7-5-16(6-8-17)14-30-11-3-4-12-30/h3-13,15H,14H2,1-2H3,(H2,26,27,28,31). The van der Waals surface area contributed by atoms with Crippen LogP contribution in [0.3, 0.4) is 0 Å². The molecule has 2 N–H and O–H groups in total. The first-order valence-electron chi connectivity index (χ1n) is 10.2. The van der Waals surface area contributed by atoms with Gasteiger partial charge in [-0.1, -0.05) is 12.1 Å². The predicted molar refractivity (Wildman–Crippen MR) is 123 cm³/mol. The van der Waals surface area contributed by atoms with Gasteiger partial charge >= 0.3 is 0 Å². The summed E-state index contributed by atoms with van der Waals surface area (Å²) in [6, 6.07) is 15.3. The molecular formula is C24H22N6O2. The number of aryl methyl sites for hydroxylation is 1. The lowest BCUT2D eigenvalue weighted by atomic mass is 10.1. The Morgan fingerprint density at radius 3 is 2.59 bits per heavy atom. The van der Waals surface area contributed by atoms with E-state index in [-0.39, 0.29) is 5.91 Å². The number of imidazole rings is 1. The number of fused-ring (bicyclic) bond motifs is 1. The number of amides is 1. The van der Waals surface area contributed by atoms with Crippen molar-refractivity contribution in [3.63, 3.8) is 0 Å². The highest BCUT2D eigenvalue weighted by Gasteiger charge is 2.16. The molecular weight excluding hydrogens is 404 g/mol. The minimum atomic E-state index is -0.238. The molecule has 0 bridgehead atoms. The van der Waals surface area contributed by atoms with Crippen molar-refractivity contribution in [1.29, 1.82) is 0 Å². The van der Waals surface area contributed by atoms with Gasteiger partial charge in [0.1, 0.15) is 16.8 Å². The summed E-state index contributed by atoms with van der Waals surface area (Å²) in [5, 5.41) is 7.10. The molecule has 5 rings (SSSR count). The van der Waals surface area contributed by atoms with Crippen LogP contribution in [-0.4, -0.2) is 37.3 Å². The van der Waals surface area contributed by atoms with Crippen LogP contribution in [0.2, 0.25) is 0 Å². The van der Waals surface area contributed by atoms with E-state index in [1.54, 1.807) is 18.0 Å². The summed E-state index contributed by atoms with van der Waals surface area (Å²) in [7, 11) is 3.47. The van der Waals surface area contributed by atoms with Crippen molar-refractivity contribution < 1.29 is 9.53 Å². The van der Waals surface area contributed by atoms with Gasteiger partial charge in [0.2, 0.25) is 5.95 Å². The quantitative estimate of drug-likeness (QED) is 0.428. The molecule has 0 aliphatic carbocycles. The van der Waals surface area contributed by atoms with Crippen LogP contribution in [0.1, 0.15) is 15.9 Å². The van der Waals surface area contributed by atoms with Crippen LogP contribution in [0.5, 0.6) is 5.75 Å². The molecule has 0 atom stereocenters. The summed E-state index contributed by atoms with van der Waals surface area (Å²) in [5.74, 6) is 0.768. The molecule has 160 valence electrons. The second kappa shape index (κ2) is 8.07. The molecule has 0 aliphatic rings. The molecule has 8 heteroatoms. The Hall–Kier alpha value is -4.33. The molecule has 3 aromatic heterocycles. The van der Waals surface area contributed by atoms with Crippen molar-refractivity contribution in [3.8, 4) is 16.9 Å². The SMILES string of the molecule is COc1ccc(-c2cnn(C)c2)c2nc(NC(=O)c3ccc(Cn4cccc4)cc3)[nH]c12. The van der Waals surface area contributed by atoms with E-state index in [4.69, 9.17) is 4.74 Å². The third-order valence-electron chi connectivity index (χ3n) is 5.32. The van der Waals surface area contributed by atoms with Crippen molar-refractivity contribution in [2.75, 3.05) is 12.4 Å². The van der Waals surface area contributed by atoms with Gasteiger partial charge in [-0.05, 0) is 42.0 Å². The van der Waals surface area contributed by atoms with Gasteiger partial charge in [-0.15, -0.1) is 0 Å². The Labute approximate surface area is 184 Å². The zero-order valence-corrected chi connectivity index (χ0v) is 17.7. The second-order valence-electron chi connectivity index (χ2n) is 7.53. The molecule has 0 saturated heterocycles. The molecule has 8 nitrogen and oxygen atoms in total. The number of carbonyl (C=O) groups is 1. The number of nitrogens with zero attached hydrogens (tertiary/aromatic N) is 4. The highest BCUT2D eigenvalue weighted by atomic mass is 16.5. The van der Waals surface area contributed by atoms with Gasteiger partial charge in [0.25, 0.3) is 5.91 Å². The number of rotatable bonds is 6. The lowest BCUT2D eigenvalue weighted by molar-refractivity contribution is 0.102. The van der Waals surface area contributed by atoms with E-state index in [1.807, 2.05) is 74.2 Å². The molecule has 0 radical (unpaired) electrons. The summed E-state index contributed by atoms with van der Waals surface area (Å²) in [6.07, 6.45) is 7.72. The molecule has 0 fully saturated rings. The average Bonchev–Trinajstić information content (AvgIpc) is 3.55. The summed E-state index contributed by atoms with van der Waals surface area (Å²) in [4.78, 5) is 20.6. The summed E-state index contributed by atoms with van der Waals surface area (Å²) in [6.45, 7) is 0.759. The third kappa shape index (κ3) is 3.74. The van der Waals surface area contributed by atoms with E-state index in [9.17, 15) is 4.79 Å². The number of benzene rings is 2. The smallest absolute Gasteiger partial charge is 0.257 e. The molecule has 32 heavy (non-hydrogen) atoms. The zero-order chi connectivity index (χ0) is 22.1. The molecule has 0 aliphatic heterocycles. The van der Waals surface area contributed by atoms with Crippen LogP contribution in [0.4, 0.5) is 5.95 Å². The van der Waals surface area contributed by atoms with Crippen molar-refractivity contribution in [3.05, 3.63) is 84.4 Å². The monoisotopic (exact) mass is 426 g/mol. The lowest BCUT2D eigenvalue weighted by Gasteiger charge is -2.05. The Balaban J connectivity index is 1.40. The van der Waals surface area contributed by atoms with E-state index in [0.29, 0.717) is 28.3 Å². The van der Waals surface area contributed by atoms with Crippen LogP contribution in [-0.2, 0) is 13.6 Å². The number of hydrogen-bond donors (Lipinski definition) is 2. The number of ether oxygens (including phenoxy) is 1. The van der Waals surface area contributed by atoms with E-state index < -0.39 is 0 Å². The van der Waals surface area contributed by atoms with E-state index in [1.165, 1.54) is 0 Å². The van der Waals surface area contributed by atoms with Crippen LogP contribution >= 0.6 is 0 Å². The molecule has 2 aromatic carbocycles. The Morgan fingerprint density at radius 2 is 1.91 bits per heavy atom. The van der Waals surface area contributed by atoms with Gasteiger partial charge in [0, 0.05) is 48.9 Å². The molecule has 3 heterocycles. The van der Waals surface area contributed by atoms with Crippen LogP contribution in [0, 0.1) is 0 Å². The first kappa shape index (κ1) is 19.6. The third-order valence-corrected chi connectivity index (χ3v) is 5.32. The maximum absolute atomic E-state index is 12.8. The van der Waals surface area contributed by atoms with E-state index in [0.717, 1.165) is 23.2 Å². The number of anilines is 1. The average molecular weight is 426 g/mol. The minimum absolute atomic E-state index is 0.238. The second-order valence-corrected chi connectivity index (χ2v) is 7.53. The summed E-state index contributed by atoms with van der Waals surface area (Å²) >= 11 is 0. The number of aromatic nitrogens is 5. The topological polar surface area (TPSA) is 89.8 Å². The first-order valence-corrected chi connectivity index (χ1v) is 10.2. The number of aromatic amines is 1. The van der Waals surface area contributed by atoms with Crippen molar-refractivity contribution in [1.82, 2.24) is 24.3 Å². The number of hydrogen-bond acceptors (Lipinski definition) is 4. The fraction of sp³-hybridized carbons (Fsp3) is 0.125. The zero-order valence-electron chi connectivity index (χ0n) is 17.7. The van der Waals surface area contributed by atoms with Gasteiger partial charge in [-0.3, -0.25) is 14.8 Å². The first-order chi connectivity index (χ1) is 15.6. The highest BCUT2D eigenvalue weighted by molar-refractivity contribution is 6.05. The van der Waals surface area contributed by atoms with Gasteiger partial charge < -0.3 is 14.3 Å². The Bertz CT molecular complexity index is 1380. The van der Waals surface area contributed by atoms with Crippen molar-refractivity contribution in [2.24, 2.45) is 7.05 Å². The number of methoxy groups -OCH3 is 1. The maximum Gasteiger partial charge on any atom is 0.257 e. The predicted octanol–water partition coefficient (Wildman–Crippen LogP) is 4.07. The summed E-state index contributed by atoms with van der Waals surface area (Å²) in [5.41, 5.74) is 4.93. The number of carbonyl (C=O) groups excluding carboxylic acids is 1. The van der Waals surface area contributed by atoms with Crippen LogP contribution in [0.15, 0.2) is 73.3 Å². The normalized spacial score (nSPS) is 11.1. The molecule has 5 aromatic rings. The van der Waals surface area contributed by atoms with Crippen LogP contribution in [0.25, 0.3) is 22.2 Å². The lowest BCUT2D eigenvalue weighted by Crippen LogP contribution is -2.13. The number of H-pyrrole nitrogens is 1. The fourth-order valence-corrected chi connectivity index (χ4v) is 3.72. The van der Waals surface area contributed by atoms with Gasteiger partial charge in [0.05, 0.1) is 13.3 Å². The van der Waals surface area contributed by atoms with E-state index >= 15 is 0 Å². The van der Waals surface area contributed by atoms with Crippen molar-refractivity contribution in [2.45, 2.75) is 6.54 Å². The van der Waals surface area contributed by atoms with Crippen molar-refractivity contribution >= 4 is 22.9 Å². The molecule has 1 amide bonds. The Morgan fingerprint density at radius 1 is 1.12 bits per heavy atom. The molecule has 0 unspecified atom stereocenters. The van der Waals surface area contributed by atoms with Gasteiger partial charge in [-0.25, -0.2) is 4.98 Å². The highest BCUT2D eigenvalue weighted by Crippen LogP contribution is 2.33. The molecule has 0 spiro atoms. The van der Waals surface area contributed by atoms with Gasteiger partial charge in [0.15, 0.2) is 0 Å². The molecule has 0 saturated carbocycles. The van der Waals surface area contributed by atoms with Crippen LogP contribution < -0.4 is 10.1 Å². The maximum atomic E-state index is 12.8. The fourth-order valence-electron chi connectivity index (χ4n) is 3.72. The Kier molecular flexibility index (Phi) is 4.95. The minimum Gasteiger partial charge on any atom is -0.494 e. The largest absolute Gasteiger partial charge is 0.494 e. The van der Waals surface area contributed by atoms with Gasteiger partial charge in [-0.2, -0.15) is 5.10 Å².